The zero-order chi connectivity index (χ0) is 20.9. The van der Waals surface area contributed by atoms with Crippen LogP contribution in [0.5, 0.6) is 0 Å². The van der Waals surface area contributed by atoms with E-state index in [2.05, 4.69) is 10.2 Å². The number of amides is 1. The number of morpholine rings is 1. The van der Waals surface area contributed by atoms with Gasteiger partial charge in [-0.15, -0.1) is 0 Å². The van der Waals surface area contributed by atoms with Crippen molar-refractivity contribution in [2.45, 2.75) is 16.7 Å². The summed E-state index contributed by atoms with van der Waals surface area (Å²) in [6.07, 6.45) is 0. The molecule has 1 N–H and O–H groups in total. The second kappa shape index (κ2) is 9.43. The molecule has 1 fully saturated rings. The van der Waals surface area contributed by atoms with Crippen LogP contribution in [-0.4, -0.2) is 57.8 Å². The van der Waals surface area contributed by atoms with Crippen molar-refractivity contribution in [2.75, 3.05) is 32.8 Å². The summed E-state index contributed by atoms with van der Waals surface area (Å²) in [6.45, 7) is 3.08. The maximum absolute atomic E-state index is 12.6. The fourth-order valence-electron chi connectivity index (χ4n) is 3.21. The van der Waals surface area contributed by atoms with Gasteiger partial charge in [-0.25, -0.2) is 8.42 Å². The summed E-state index contributed by atoms with van der Waals surface area (Å²) in [7, 11) is -4.68. The van der Waals surface area contributed by atoms with E-state index < -0.39 is 26.4 Å². The van der Waals surface area contributed by atoms with Gasteiger partial charge in [0.25, 0.3) is 5.91 Å². The standard InChI is InChI=1S/C20H22F2N2O4S/c21-20(22)29(26,27)17-8-6-16(7-9-17)19(25)23-14-18(15-4-2-1-3-5-15)24-10-12-28-13-11-24/h1-9,18,20H,10-14H2,(H,23,25)/t18-/m1/s1. The average Bonchev–Trinajstić information content (AvgIpc) is 2.75. The topological polar surface area (TPSA) is 75.7 Å². The van der Waals surface area contributed by atoms with E-state index in [0.717, 1.165) is 30.8 Å². The van der Waals surface area contributed by atoms with E-state index in [4.69, 9.17) is 4.74 Å². The molecule has 0 aromatic heterocycles. The van der Waals surface area contributed by atoms with Gasteiger partial charge in [-0.2, -0.15) is 8.78 Å². The first kappa shape index (κ1) is 21.4. The second-order valence-electron chi connectivity index (χ2n) is 6.61. The van der Waals surface area contributed by atoms with Crippen molar-refractivity contribution in [1.82, 2.24) is 10.2 Å². The highest BCUT2D eigenvalue weighted by Gasteiger charge is 2.27. The van der Waals surface area contributed by atoms with Crippen LogP contribution in [-0.2, 0) is 14.6 Å². The van der Waals surface area contributed by atoms with Crippen LogP contribution in [0, 0.1) is 0 Å². The van der Waals surface area contributed by atoms with E-state index in [0.29, 0.717) is 19.8 Å². The number of hydrogen-bond donors (Lipinski definition) is 1. The van der Waals surface area contributed by atoms with Crippen molar-refractivity contribution in [3.63, 3.8) is 0 Å². The third-order valence-electron chi connectivity index (χ3n) is 4.81. The van der Waals surface area contributed by atoms with Crippen molar-refractivity contribution in [3.05, 3.63) is 65.7 Å². The fourth-order valence-corrected chi connectivity index (χ4v) is 3.93. The van der Waals surface area contributed by atoms with Crippen molar-refractivity contribution in [1.29, 1.82) is 0 Å². The Bertz CT molecular complexity index is 915. The van der Waals surface area contributed by atoms with Gasteiger partial charge in [-0.3, -0.25) is 9.69 Å². The first-order valence-corrected chi connectivity index (χ1v) is 10.7. The van der Waals surface area contributed by atoms with Crippen LogP contribution >= 0.6 is 0 Å². The lowest BCUT2D eigenvalue weighted by molar-refractivity contribution is 0.0162. The molecule has 0 unspecified atom stereocenters. The lowest BCUT2D eigenvalue weighted by Crippen LogP contribution is -2.43. The molecule has 0 saturated carbocycles. The molecule has 29 heavy (non-hydrogen) atoms. The lowest BCUT2D eigenvalue weighted by atomic mass is 10.0. The maximum Gasteiger partial charge on any atom is 0.341 e. The first-order chi connectivity index (χ1) is 13.9. The van der Waals surface area contributed by atoms with Gasteiger partial charge in [-0.1, -0.05) is 30.3 Å². The van der Waals surface area contributed by atoms with Gasteiger partial charge < -0.3 is 10.1 Å². The molecule has 6 nitrogen and oxygen atoms in total. The third kappa shape index (κ3) is 5.17. The molecule has 2 aromatic carbocycles. The number of halogens is 2. The molecule has 0 bridgehead atoms. The highest BCUT2D eigenvalue weighted by Crippen LogP contribution is 2.22. The average molecular weight is 424 g/mol. The van der Waals surface area contributed by atoms with Gasteiger partial charge in [0.15, 0.2) is 0 Å². The van der Waals surface area contributed by atoms with Crippen molar-refractivity contribution in [3.8, 4) is 0 Å². The van der Waals surface area contributed by atoms with Crippen molar-refractivity contribution >= 4 is 15.7 Å². The molecule has 1 amide bonds. The lowest BCUT2D eigenvalue weighted by Gasteiger charge is -2.35. The molecular formula is C20H22F2N2O4S. The molecule has 0 spiro atoms. The summed E-state index contributed by atoms with van der Waals surface area (Å²) in [5, 5.41) is 2.86. The molecule has 1 atom stereocenters. The van der Waals surface area contributed by atoms with Crippen LogP contribution < -0.4 is 5.32 Å². The number of rotatable bonds is 7. The number of carbonyl (C=O) groups is 1. The number of sulfone groups is 1. The molecule has 0 radical (unpaired) electrons. The van der Waals surface area contributed by atoms with Crippen LogP contribution in [0.4, 0.5) is 8.78 Å². The smallest absolute Gasteiger partial charge is 0.341 e. The maximum atomic E-state index is 12.6. The van der Waals surface area contributed by atoms with Gasteiger partial charge in [0, 0.05) is 25.2 Å². The zero-order valence-electron chi connectivity index (χ0n) is 15.6. The normalized spacial score (nSPS) is 16.5. The number of ether oxygens (including phenoxy) is 1. The van der Waals surface area contributed by atoms with E-state index in [9.17, 15) is 22.0 Å². The van der Waals surface area contributed by atoms with Gasteiger partial charge in [0.2, 0.25) is 9.84 Å². The summed E-state index contributed by atoms with van der Waals surface area (Å²) in [6, 6.07) is 14.3. The van der Waals surface area contributed by atoms with E-state index in [1.807, 2.05) is 30.3 Å². The largest absolute Gasteiger partial charge is 0.379 e. The van der Waals surface area contributed by atoms with Gasteiger partial charge >= 0.3 is 5.76 Å². The number of benzene rings is 2. The van der Waals surface area contributed by atoms with E-state index in [-0.39, 0.29) is 11.6 Å². The van der Waals surface area contributed by atoms with Gasteiger partial charge in [-0.05, 0) is 29.8 Å². The van der Waals surface area contributed by atoms with Crippen LogP contribution in [0.25, 0.3) is 0 Å². The predicted octanol–water partition coefficient (Wildman–Crippen LogP) is 2.49. The molecule has 1 heterocycles. The molecule has 1 saturated heterocycles. The molecule has 1 aliphatic heterocycles. The van der Waals surface area contributed by atoms with Crippen LogP contribution in [0.3, 0.4) is 0 Å². The van der Waals surface area contributed by atoms with Gasteiger partial charge in [0.1, 0.15) is 0 Å². The summed E-state index contributed by atoms with van der Waals surface area (Å²) < 4.78 is 53.6. The summed E-state index contributed by atoms with van der Waals surface area (Å²) >= 11 is 0. The minimum absolute atomic E-state index is 0.0393. The number of nitrogens with zero attached hydrogens (tertiary/aromatic N) is 1. The van der Waals surface area contributed by atoms with E-state index >= 15 is 0 Å². The van der Waals surface area contributed by atoms with Gasteiger partial charge in [0.05, 0.1) is 24.2 Å². The van der Waals surface area contributed by atoms with Crippen molar-refractivity contribution < 1.29 is 26.7 Å². The SMILES string of the molecule is O=C(NC[C@H](c1ccccc1)N1CCOCC1)c1ccc(S(=O)(=O)C(F)F)cc1. The Kier molecular flexibility index (Phi) is 6.94. The fraction of sp³-hybridized carbons (Fsp3) is 0.350. The third-order valence-corrected chi connectivity index (χ3v) is 6.20. The highest BCUT2D eigenvalue weighted by molar-refractivity contribution is 7.91. The molecule has 1 aliphatic rings. The highest BCUT2D eigenvalue weighted by atomic mass is 32.2. The Morgan fingerprint density at radius 1 is 1.03 bits per heavy atom. The molecule has 9 heteroatoms. The second-order valence-corrected chi connectivity index (χ2v) is 8.53. The first-order valence-electron chi connectivity index (χ1n) is 9.16. The van der Waals surface area contributed by atoms with E-state index in [1.54, 1.807) is 0 Å². The predicted molar refractivity (Wildman–Crippen MR) is 104 cm³/mol. The summed E-state index contributed by atoms with van der Waals surface area (Å²) in [5.41, 5.74) is 1.26. The summed E-state index contributed by atoms with van der Waals surface area (Å²) in [4.78, 5) is 14.2. The van der Waals surface area contributed by atoms with Crippen LogP contribution in [0.2, 0.25) is 0 Å². The molecule has 2 aromatic rings. The molecular weight excluding hydrogens is 402 g/mol. The number of nitrogens with one attached hydrogen (secondary N) is 1. The Morgan fingerprint density at radius 3 is 2.24 bits per heavy atom. The Balaban J connectivity index is 1.70. The molecule has 156 valence electrons. The zero-order valence-corrected chi connectivity index (χ0v) is 16.4. The van der Waals surface area contributed by atoms with Crippen LogP contribution in [0.1, 0.15) is 22.0 Å². The van der Waals surface area contributed by atoms with Crippen LogP contribution in [0.15, 0.2) is 59.5 Å². The van der Waals surface area contributed by atoms with E-state index in [1.165, 1.54) is 12.1 Å². The number of carbonyl (C=O) groups excluding carboxylic acids is 1. The summed E-state index contributed by atoms with van der Waals surface area (Å²) in [5.74, 6) is -3.90. The Morgan fingerprint density at radius 2 is 1.66 bits per heavy atom. The Labute approximate surface area is 168 Å². The molecule has 0 aliphatic carbocycles. The minimum atomic E-state index is -4.68. The number of alkyl halides is 2. The monoisotopic (exact) mass is 424 g/mol. The number of hydrogen-bond acceptors (Lipinski definition) is 5. The molecule has 3 rings (SSSR count). The van der Waals surface area contributed by atoms with Crippen molar-refractivity contribution in [2.24, 2.45) is 0 Å². The Hall–Kier alpha value is -2.36. The minimum Gasteiger partial charge on any atom is -0.379 e. The quantitative estimate of drug-likeness (QED) is 0.739.